The third kappa shape index (κ3) is 1.93. The van der Waals surface area contributed by atoms with Crippen molar-refractivity contribution in [3.8, 4) is 17.2 Å². The number of benzene rings is 2. The SMILES string of the molecule is COc1c(O)cc2cc3c(c(O)c2c1C)C(=O)C[C@H](O)C3. The zero-order chi connectivity index (χ0) is 15.3. The van der Waals surface area contributed by atoms with Crippen molar-refractivity contribution in [1.82, 2.24) is 0 Å². The van der Waals surface area contributed by atoms with Gasteiger partial charge in [0.15, 0.2) is 17.3 Å². The van der Waals surface area contributed by atoms with E-state index in [1.807, 2.05) is 0 Å². The van der Waals surface area contributed by atoms with Gasteiger partial charge in [-0.3, -0.25) is 4.79 Å². The van der Waals surface area contributed by atoms with E-state index < -0.39 is 6.10 Å². The lowest BCUT2D eigenvalue weighted by molar-refractivity contribution is 0.0850. The highest BCUT2D eigenvalue weighted by Crippen LogP contribution is 2.43. The molecule has 3 N–H and O–H groups in total. The molecule has 1 aliphatic carbocycles. The molecule has 0 fully saturated rings. The summed E-state index contributed by atoms with van der Waals surface area (Å²) < 4.78 is 5.14. The lowest BCUT2D eigenvalue weighted by Crippen LogP contribution is -2.24. The van der Waals surface area contributed by atoms with Gasteiger partial charge in [0, 0.05) is 17.4 Å². The second-order valence-corrected chi connectivity index (χ2v) is 5.40. The number of phenols is 2. The molecule has 5 heteroatoms. The van der Waals surface area contributed by atoms with Crippen LogP contribution in [-0.2, 0) is 6.42 Å². The summed E-state index contributed by atoms with van der Waals surface area (Å²) in [4.78, 5) is 12.1. The zero-order valence-corrected chi connectivity index (χ0v) is 11.8. The van der Waals surface area contributed by atoms with Crippen molar-refractivity contribution >= 4 is 16.6 Å². The fourth-order valence-electron chi connectivity index (χ4n) is 3.14. The number of fused-ring (bicyclic) bond motifs is 2. The third-order valence-corrected chi connectivity index (χ3v) is 4.01. The van der Waals surface area contributed by atoms with Gasteiger partial charge in [0.25, 0.3) is 0 Å². The van der Waals surface area contributed by atoms with Gasteiger partial charge in [-0.25, -0.2) is 0 Å². The van der Waals surface area contributed by atoms with Gasteiger partial charge in [-0.05, 0) is 36.4 Å². The number of ketones is 1. The molecule has 0 saturated heterocycles. The Morgan fingerprint density at radius 3 is 2.62 bits per heavy atom. The number of aryl methyl sites for hydroxylation is 1. The van der Waals surface area contributed by atoms with Crippen LogP contribution in [0, 0.1) is 6.92 Å². The maximum Gasteiger partial charge on any atom is 0.169 e. The first-order valence-corrected chi connectivity index (χ1v) is 6.70. The van der Waals surface area contributed by atoms with Crippen molar-refractivity contribution in [1.29, 1.82) is 0 Å². The van der Waals surface area contributed by atoms with Crippen LogP contribution in [0.1, 0.15) is 27.9 Å². The van der Waals surface area contributed by atoms with Gasteiger partial charge >= 0.3 is 0 Å². The second-order valence-electron chi connectivity index (χ2n) is 5.40. The molecule has 0 bridgehead atoms. The number of rotatable bonds is 1. The Balaban J connectivity index is 2.40. The predicted octanol–water partition coefficient (Wildman–Crippen LogP) is 2.06. The molecule has 0 radical (unpaired) electrons. The summed E-state index contributed by atoms with van der Waals surface area (Å²) in [6, 6.07) is 3.23. The van der Waals surface area contributed by atoms with Gasteiger partial charge in [-0.2, -0.15) is 0 Å². The van der Waals surface area contributed by atoms with Crippen molar-refractivity contribution < 1.29 is 24.9 Å². The van der Waals surface area contributed by atoms with Gasteiger partial charge in [0.1, 0.15) is 5.75 Å². The average Bonchev–Trinajstić information content (AvgIpc) is 2.37. The maximum absolute atomic E-state index is 12.1. The number of Topliss-reactive ketones (excluding diaryl/α,β-unsaturated/α-hetero) is 1. The maximum atomic E-state index is 12.1. The minimum atomic E-state index is -0.727. The van der Waals surface area contributed by atoms with E-state index in [1.165, 1.54) is 13.2 Å². The van der Waals surface area contributed by atoms with Crippen LogP contribution >= 0.6 is 0 Å². The highest BCUT2D eigenvalue weighted by atomic mass is 16.5. The van der Waals surface area contributed by atoms with Gasteiger partial charge in [0.05, 0.1) is 18.8 Å². The molecule has 21 heavy (non-hydrogen) atoms. The van der Waals surface area contributed by atoms with E-state index in [0.29, 0.717) is 28.3 Å². The number of phenolic OH excluding ortho intramolecular Hbond substituents is 2. The molecule has 0 saturated carbocycles. The number of carbonyl (C=O) groups is 1. The first-order valence-electron chi connectivity index (χ1n) is 6.70. The number of aliphatic hydroxyl groups excluding tert-OH is 1. The van der Waals surface area contributed by atoms with Crippen LogP contribution in [0.15, 0.2) is 12.1 Å². The molecule has 0 heterocycles. The van der Waals surface area contributed by atoms with E-state index in [9.17, 15) is 20.1 Å². The number of hydrogen-bond acceptors (Lipinski definition) is 5. The number of aliphatic hydroxyl groups is 1. The normalized spacial score (nSPS) is 17.9. The summed E-state index contributed by atoms with van der Waals surface area (Å²) >= 11 is 0. The van der Waals surface area contributed by atoms with E-state index in [-0.39, 0.29) is 35.0 Å². The standard InChI is InChI=1S/C16H16O5/c1-7-13-9(5-12(19)16(7)21-2)3-8-4-10(17)6-11(18)14(8)15(13)20/h3,5,10,17,19-20H,4,6H2,1-2H3/t10-/m1/s1. The molecule has 5 nitrogen and oxygen atoms in total. The first-order chi connectivity index (χ1) is 9.93. The Kier molecular flexibility index (Phi) is 3.02. The predicted molar refractivity (Wildman–Crippen MR) is 77.2 cm³/mol. The second kappa shape index (κ2) is 4.63. The molecule has 3 rings (SSSR count). The summed E-state index contributed by atoms with van der Waals surface area (Å²) in [7, 11) is 1.44. The molecular formula is C16H16O5. The lowest BCUT2D eigenvalue weighted by atomic mass is 9.85. The Hall–Kier alpha value is -2.27. The number of methoxy groups -OCH3 is 1. The van der Waals surface area contributed by atoms with Crippen LogP contribution in [0.2, 0.25) is 0 Å². The smallest absolute Gasteiger partial charge is 0.169 e. The minimum Gasteiger partial charge on any atom is -0.507 e. The molecule has 1 aliphatic rings. The monoisotopic (exact) mass is 288 g/mol. The first kappa shape index (κ1) is 13.7. The van der Waals surface area contributed by atoms with Crippen molar-refractivity contribution in [2.75, 3.05) is 7.11 Å². The Labute approximate surface area is 121 Å². The van der Waals surface area contributed by atoms with Crippen LogP contribution in [0.5, 0.6) is 17.2 Å². The topological polar surface area (TPSA) is 87.0 Å². The molecule has 0 unspecified atom stereocenters. The van der Waals surface area contributed by atoms with Gasteiger partial charge in [-0.1, -0.05) is 0 Å². The van der Waals surface area contributed by atoms with Gasteiger partial charge in [-0.15, -0.1) is 0 Å². The molecule has 2 aromatic rings. The number of hydrogen-bond donors (Lipinski definition) is 3. The van der Waals surface area contributed by atoms with E-state index in [2.05, 4.69) is 0 Å². The summed E-state index contributed by atoms with van der Waals surface area (Å²) in [5, 5.41) is 31.3. The van der Waals surface area contributed by atoms with Crippen molar-refractivity contribution in [2.45, 2.75) is 25.9 Å². The largest absolute Gasteiger partial charge is 0.507 e. The van der Waals surface area contributed by atoms with E-state index >= 15 is 0 Å². The highest BCUT2D eigenvalue weighted by Gasteiger charge is 2.29. The Morgan fingerprint density at radius 2 is 1.95 bits per heavy atom. The molecule has 0 spiro atoms. The highest BCUT2D eigenvalue weighted by molar-refractivity contribution is 6.08. The molecule has 0 aromatic heterocycles. The molecule has 0 amide bonds. The zero-order valence-electron chi connectivity index (χ0n) is 11.8. The number of aromatic hydroxyl groups is 2. The summed E-state index contributed by atoms with van der Waals surface area (Å²) in [5.41, 5.74) is 1.45. The molecule has 110 valence electrons. The Bertz CT molecular complexity index is 763. The molecular weight excluding hydrogens is 272 g/mol. The van der Waals surface area contributed by atoms with Crippen LogP contribution in [0.4, 0.5) is 0 Å². The van der Waals surface area contributed by atoms with Crippen molar-refractivity contribution in [3.05, 3.63) is 28.8 Å². The Morgan fingerprint density at radius 1 is 1.24 bits per heavy atom. The van der Waals surface area contributed by atoms with E-state index in [0.717, 1.165) is 0 Å². The quantitative estimate of drug-likeness (QED) is 0.747. The van der Waals surface area contributed by atoms with Crippen molar-refractivity contribution in [2.24, 2.45) is 0 Å². The van der Waals surface area contributed by atoms with Crippen LogP contribution < -0.4 is 4.74 Å². The fraction of sp³-hybridized carbons (Fsp3) is 0.312. The van der Waals surface area contributed by atoms with Gasteiger partial charge < -0.3 is 20.1 Å². The lowest BCUT2D eigenvalue weighted by Gasteiger charge is -2.22. The number of ether oxygens (including phenoxy) is 1. The summed E-state index contributed by atoms with van der Waals surface area (Å²) in [5.74, 6) is -0.115. The molecule has 2 aromatic carbocycles. The van der Waals surface area contributed by atoms with Crippen molar-refractivity contribution in [3.63, 3.8) is 0 Å². The molecule has 0 aliphatic heterocycles. The van der Waals surface area contributed by atoms with Crippen LogP contribution in [0.3, 0.4) is 0 Å². The average molecular weight is 288 g/mol. The van der Waals surface area contributed by atoms with Gasteiger partial charge in [0.2, 0.25) is 0 Å². The third-order valence-electron chi connectivity index (χ3n) is 4.01. The van der Waals surface area contributed by atoms with Crippen LogP contribution in [0.25, 0.3) is 10.8 Å². The minimum absolute atomic E-state index is 0.0142. The summed E-state index contributed by atoms with van der Waals surface area (Å²) in [6.07, 6.45) is -0.397. The summed E-state index contributed by atoms with van der Waals surface area (Å²) in [6.45, 7) is 1.72. The number of carbonyl (C=O) groups excluding carboxylic acids is 1. The van der Waals surface area contributed by atoms with E-state index in [4.69, 9.17) is 4.74 Å². The van der Waals surface area contributed by atoms with Crippen LogP contribution in [-0.4, -0.2) is 34.3 Å². The van der Waals surface area contributed by atoms with E-state index in [1.54, 1.807) is 13.0 Å². The molecule has 1 atom stereocenters. The fourth-order valence-corrected chi connectivity index (χ4v) is 3.14.